The van der Waals surface area contributed by atoms with E-state index in [1.54, 1.807) is 14.0 Å². The number of thioether (sulfide) groups is 1. The van der Waals surface area contributed by atoms with Gasteiger partial charge in [0.2, 0.25) is 0 Å². The van der Waals surface area contributed by atoms with Crippen LogP contribution in [0.25, 0.3) is 0 Å². The number of rotatable bonds is 4. The second-order valence-corrected chi connectivity index (χ2v) is 5.86. The fourth-order valence-corrected chi connectivity index (χ4v) is 3.06. The number of hydrogen-bond donors (Lipinski definition) is 1. The normalized spacial score (nSPS) is 20.1. The molecule has 1 aliphatic rings. The van der Waals surface area contributed by atoms with Crippen LogP contribution in [0.1, 0.15) is 6.92 Å². The summed E-state index contributed by atoms with van der Waals surface area (Å²) in [6, 6.07) is -1.18. The highest BCUT2D eigenvalue weighted by molar-refractivity contribution is 7.99. The Morgan fingerprint density at radius 2 is 2.15 bits per heavy atom. The molecule has 2 atom stereocenters. The van der Waals surface area contributed by atoms with Crippen molar-refractivity contribution >= 4 is 29.7 Å². The Balaban J connectivity index is 2.67. The van der Waals surface area contributed by atoms with E-state index in [0.717, 1.165) is 5.75 Å². The average molecular weight is 304 g/mol. The van der Waals surface area contributed by atoms with Gasteiger partial charge in [0.1, 0.15) is 6.04 Å². The first-order chi connectivity index (χ1) is 9.38. The first kappa shape index (κ1) is 16.6. The summed E-state index contributed by atoms with van der Waals surface area (Å²) in [4.78, 5) is 37.5. The van der Waals surface area contributed by atoms with Crippen molar-refractivity contribution in [3.05, 3.63) is 0 Å². The number of carbonyl (C=O) groups is 3. The minimum atomic E-state index is -1.00. The van der Waals surface area contributed by atoms with E-state index in [1.165, 1.54) is 28.7 Å². The van der Waals surface area contributed by atoms with Crippen LogP contribution in [-0.4, -0.2) is 77.7 Å². The van der Waals surface area contributed by atoms with E-state index in [2.05, 4.69) is 4.74 Å². The SMILES string of the molecule is COC(=O)C(C)CN(C)C(=O)N1CCSCC1C(=O)O. The predicted molar refractivity (Wildman–Crippen MR) is 74.7 cm³/mol. The van der Waals surface area contributed by atoms with Gasteiger partial charge in [0.15, 0.2) is 0 Å². The number of aliphatic carboxylic acids is 1. The first-order valence-electron chi connectivity index (χ1n) is 6.28. The molecule has 0 aliphatic carbocycles. The number of carbonyl (C=O) groups excluding carboxylic acids is 2. The minimum absolute atomic E-state index is 0.196. The van der Waals surface area contributed by atoms with Gasteiger partial charge in [-0.05, 0) is 0 Å². The molecule has 20 heavy (non-hydrogen) atoms. The number of urea groups is 1. The molecule has 1 heterocycles. The maximum absolute atomic E-state index is 12.3. The van der Waals surface area contributed by atoms with E-state index in [0.29, 0.717) is 12.3 Å². The van der Waals surface area contributed by atoms with Gasteiger partial charge in [-0.3, -0.25) is 4.79 Å². The lowest BCUT2D eigenvalue weighted by atomic mass is 10.2. The van der Waals surface area contributed by atoms with Crippen molar-refractivity contribution in [2.24, 2.45) is 5.92 Å². The summed E-state index contributed by atoms with van der Waals surface area (Å²) in [6.07, 6.45) is 0. The van der Waals surface area contributed by atoms with Crippen molar-refractivity contribution in [3.8, 4) is 0 Å². The Labute approximate surface area is 122 Å². The van der Waals surface area contributed by atoms with E-state index in [1.807, 2.05) is 0 Å². The van der Waals surface area contributed by atoms with Crippen LogP contribution in [0.15, 0.2) is 0 Å². The molecule has 1 fully saturated rings. The Morgan fingerprint density at radius 3 is 2.70 bits per heavy atom. The van der Waals surface area contributed by atoms with Crippen LogP contribution in [0, 0.1) is 5.92 Å². The Bertz CT molecular complexity index is 390. The second-order valence-electron chi connectivity index (χ2n) is 4.71. The van der Waals surface area contributed by atoms with Gasteiger partial charge < -0.3 is 19.6 Å². The number of nitrogens with zero attached hydrogens (tertiary/aromatic N) is 2. The maximum atomic E-state index is 12.3. The lowest BCUT2D eigenvalue weighted by molar-refractivity contribution is -0.145. The molecule has 0 radical (unpaired) electrons. The summed E-state index contributed by atoms with van der Waals surface area (Å²) in [5.74, 6) is -0.734. The fraction of sp³-hybridized carbons (Fsp3) is 0.750. The van der Waals surface area contributed by atoms with Crippen molar-refractivity contribution in [1.29, 1.82) is 0 Å². The molecule has 0 aromatic rings. The highest BCUT2D eigenvalue weighted by Crippen LogP contribution is 2.18. The molecular weight excluding hydrogens is 284 g/mol. The van der Waals surface area contributed by atoms with Crippen LogP contribution >= 0.6 is 11.8 Å². The number of amides is 2. The van der Waals surface area contributed by atoms with Crippen LogP contribution in [-0.2, 0) is 14.3 Å². The van der Waals surface area contributed by atoms with Crippen LogP contribution in [0.3, 0.4) is 0 Å². The Morgan fingerprint density at radius 1 is 1.50 bits per heavy atom. The smallest absolute Gasteiger partial charge is 0.327 e. The number of carboxylic acids is 1. The van der Waals surface area contributed by atoms with Crippen LogP contribution in [0.2, 0.25) is 0 Å². The van der Waals surface area contributed by atoms with Gasteiger partial charge >= 0.3 is 18.0 Å². The van der Waals surface area contributed by atoms with E-state index in [9.17, 15) is 14.4 Å². The molecule has 1 N–H and O–H groups in total. The zero-order chi connectivity index (χ0) is 15.3. The summed E-state index contributed by atoms with van der Waals surface area (Å²) in [7, 11) is 2.85. The molecule has 1 saturated heterocycles. The van der Waals surface area contributed by atoms with Gasteiger partial charge in [0.25, 0.3) is 0 Å². The molecule has 2 amide bonds. The van der Waals surface area contributed by atoms with Gasteiger partial charge in [0, 0.05) is 31.6 Å². The van der Waals surface area contributed by atoms with E-state index < -0.39 is 23.9 Å². The van der Waals surface area contributed by atoms with Crippen molar-refractivity contribution in [1.82, 2.24) is 9.80 Å². The van der Waals surface area contributed by atoms with Crippen LogP contribution < -0.4 is 0 Å². The lowest BCUT2D eigenvalue weighted by Crippen LogP contribution is -2.54. The second kappa shape index (κ2) is 7.37. The minimum Gasteiger partial charge on any atom is -0.480 e. The van der Waals surface area contributed by atoms with Crippen LogP contribution in [0.4, 0.5) is 4.79 Å². The third-order valence-corrected chi connectivity index (χ3v) is 4.16. The van der Waals surface area contributed by atoms with Crippen molar-refractivity contribution < 1.29 is 24.2 Å². The number of carboxylic acid groups (broad SMARTS) is 1. The molecule has 8 heteroatoms. The third-order valence-electron chi connectivity index (χ3n) is 3.14. The predicted octanol–water partition coefficient (Wildman–Crippen LogP) is 0.349. The summed E-state index contributed by atoms with van der Waals surface area (Å²) < 4.78 is 4.61. The fourth-order valence-electron chi connectivity index (χ4n) is 2.02. The largest absolute Gasteiger partial charge is 0.480 e. The topological polar surface area (TPSA) is 87.2 Å². The zero-order valence-corrected chi connectivity index (χ0v) is 12.7. The Kier molecular flexibility index (Phi) is 6.12. The van der Waals surface area contributed by atoms with E-state index >= 15 is 0 Å². The van der Waals surface area contributed by atoms with E-state index in [4.69, 9.17) is 5.11 Å². The summed E-state index contributed by atoms with van der Waals surface area (Å²) in [5, 5.41) is 9.15. The molecule has 7 nitrogen and oxygen atoms in total. The summed E-state index contributed by atoms with van der Waals surface area (Å²) >= 11 is 1.52. The number of esters is 1. The molecule has 0 saturated carbocycles. The third kappa shape index (κ3) is 4.03. The van der Waals surface area contributed by atoms with Gasteiger partial charge in [-0.2, -0.15) is 11.8 Å². The lowest BCUT2D eigenvalue weighted by Gasteiger charge is -2.35. The van der Waals surface area contributed by atoms with Crippen LogP contribution in [0.5, 0.6) is 0 Å². The Hall–Kier alpha value is -1.44. The average Bonchev–Trinajstić information content (AvgIpc) is 2.45. The highest BCUT2D eigenvalue weighted by atomic mass is 32.2. The summed E-state index contributed by atoms with van der Waals surface area (Å²) in [5.41, 5.74) is 0. The molecular formula is C12H20N2O5S. The van der Waals surface area contributed by atoms with Gasteiger partial charge in [-0.25, -0.2) is 9.59 Å². The van der Waals surface area contributed by atoms with Gasteiger partial charge in [-0.15, -0.1) is 0 Å². The quantitative estimate of drug-likeness (QED) is 0.754. The monoisotopic (exact) mass is 304 g/mol. The number of methoxy groups -OCH3 is 1. The molecule has 1 aliphatic heterocycles. The van der Waals surface area contributed by atoms with Crippen molar-refractivity contribution in [3.63, 3.8) is 0 Å². The van der Waals surface area contributed by atoms with E-state index in [-0.39, 0.29) is 12.6 Å². The molecule has 0 aromatic heterocycles. The van der Waals surface area contributed by atoms with Crippen molar-refractivity contribution in [2.45, 2.75) is 13.0 Å². The first-order valence-corrected chi connectivity index (χ1v) is 7.44. The number of hydrogen-bond acceptors (Lipinski definition) is 5. The summed E-state index contributed by atoms with van der Waals surface area (Å²) in [6.45, 7) is 2.26. The van der Waals surface area contributed by atoms with Gasteiger partial charge in [0.05, 0.1) is 13.0 Å². The maximum Gasteiger partial charge on any atom is 0.327 e. The van der Waals surface area contributed by atoms with Gasteiger partial charge in [-0.1, -0.05) is 6.92 Å². The zero-order valence-electron chi connectivity index (χ0n) is 11.9. The molecule has 114 valence electrons. The van der Waals surface area contributed by atoms with Crippen molar-refractivity contribution in [2.75, 3.05) is 38.8 Å². The molecule has 0 aromatic carbocycles. The molecule has 2 unspecified atom stereocenters. The highest BCUT2D eigenvalue weighted by Gasteiger charge is 2.34. The molecule has 0 spiro atoms. The number of ether oxygens (including phenoxy) is 1. The molecule has 0 bridgehead atoms. The molecule has 1 rings (SSSR count). The standard InChI is InChI=1S/C12H20N2O5S/c1-8(11(17)19-3)6-13(2)12(18)14-4-5-20-7-9(14)10(15)16/h8-9H,4-7H2,1-3H3,(H,15,16).